The van der Waals surface area contributed by atoms with Crippen molar-refractivity contribution in [3.63, 3.8) is 0 Å². The van der Waals surface area contributed by atoms with Gasteiger partial charge in [-0.15, -0.1) is 0 Å². The fraction of sp³-hybridized carbons (Fsp3) is 0.500. The standard InChI is InChI=1S/C16H21NO3/c1-17(2)12-7-8-16(18,11-12)14-6-4-3-5-13(14)15-19-9-10-20-15/h3-6,11,15,18H,7-10H2,1-2H3. The molecule has 1 aromatic rings. The summed E-state index contributed by atoms with van der Waals surface area (Å²) in [6.07, 6.45) is 3.18. The molecule has 20 heavy (non-hydrogen) atoms. The van der Waals surface area contributed by atoms with E-state index in [1.807, 2.05) is 44.4 Å². The lowest BCUT2D eigenvalue weighted by Crippen LogP contribution is -2.23. The smallest absolute Gasteiger partial charge is 0.184 e. The van der Waals surface area contributed by atoms with Gasteiger partial charge in [-0.2, -0.15) is 0 Å². The van der Waals surface area contributed by atoms with Crippen molar-refractivity contribution >= 4 is 0 Å². The number of rotatable bonds is 3. The fourth-order valence-electron chi connectivity index (χ4n) is 2.94. The van der Waals surface area contributed by atoms with Crippen molar-refractivity contribution in [2.45, 2.75) is 24.7 Å². The van der Waals surface area contributed by atoms with Crippen molar-refractivity contribution in [2.75, 3.05) is 27.3 Å². The first-order chi connectivity index (χ1) is 9.60. The predicted octanol–water partition coefficient (Wildman–Crippen LogP) is 2.16. The SMILES string of the molecule is CN(C)C1=CC(O)(c2ccccc2C2OCCO2)CC1. The second-order valence-corrected chi connectivity index (χ2v) is 5.62. The summed E-state index contributed by atoms with van der Waals surface area (Å²) in [7, 11) is 4.01. The van der Waals surface area contributed by atoms with Crippen LogP contribution in [0.25, 0.3) is 0 Å². The highest BCUT2D eigenvalue weighted by atomic mass is 16.7. The van der Waals surface area contributed by atoms with Crippen LogP contribution < -0.4 is 0 Å². The Morgan fingerprint density at radius 2 is 1.90 bits per heavy atom. The summed E-state index contributed by atoms with van der Waals surface area (Å²) in [5.41, 5.74) is 2.06. The first-order valence-electron chi connectivity index (χ1n) is 7.04. The zero-order chi connectivity index (χ0) is 14.2. The maximum absolute atomic E-state index is 11.0. The minimum absolute atomic E-state index is 0.355. The Morgan fingerprint density at radius 3 is 2.55 bits per heavy atom. The molecule has 3 rings (SSSR count). The number of allylic oxidation sites excluding steroid dienone is 1. The molecule has 1 heterocycles. The van der Waals surface area contributed by atoms with Gasteiger partial charge in [-0.1, -0.05) is 24.3 Å². The third-order valence-corrected chi connectivity index (χ3v) is 4.05. The molecule has 4 heteroatoms. The van der Waals surface area contributed by atoms with Crippen molar-refractivity contribution < 1.29 is 14.6 Å². The lowest BCUT2D eigenvalue weighted by molar-refractivity contribution is -0.0475. The zero-order valence-corrected chi connectivity index (χ0v) is 12.0. The number of nitrogens with zero attached hydrogens (tertiary/aromatic N) is 1. The van der Waals surface area contributed by atoms with E-state index in [1.54, 1.807) is 0 Å². The van der Waals surface area contributed by atoms with Crippen LogP contribution in [0.3, 0.4) is 0 Å². The number of aliphatic hydroxyl groups is 1. The summed E-state index contributed by atoms with van der Waals surface area (Å²) in [4.78, 5) is 2.06. The van der Waals surface area contributed by atoms with Gasteiger partial charge in [0.25, 0.3) is 0 Å². The van der Waals surface area contributed by atoms with Crippen LogP contribution in [0.2, 0.25) is 0 Å². The fourth-order valence-corrected chi connectivity index (χ4v) is 2.94. The summed E-state index contributed by atoms with van der Waals surface area (Å²) < 4.78 is 11.2. The average molecular weight is 275 g/mol. The maximum atomic E-state index is 11.0. The zero-order valence-electron chi connectivity index (χ0n) is 12.0. The highest BCUT2D eigenvalue weighted by molar-refractivity contribution is 5.39. The van der Waals surface area contributed by atoms with Gasteiger partial charge in [-0.3, -0.25) is 0 Å². The predicted molar refractivity (Wildman–Crippen MR) is 76.0 cm³/mol. The molecule has 108 valence electrons. The largest absolute Gasteiger partial charge is 0.381 e. The van der Waals surface area contributed by atoms with Crippen molar-refractivity contribution in [1.82, 2.24) is 4.90 Å². The lowest BCUT2D eigenvalue weighted by atomic mass is 9.89. The highest BCUT2D eigenvalue weighted by Crippen LogP contribution is 2.41. The quantitative estimate of drug-likeness (QED) is 0.918. The minimum atomic E-state index is -0.925. The van der Waals surface area contributed by atoms with E-state index >= 15 is 0 Å². The van der Waals surface area contributed by atoms with Gasteiger partial charge in [0.1, 0.15) is 5.60 Å². The van der Waals surface area contributed by atoms with Gasteiger partial charge in [0.15, 0.2) is 6.29 Å². The Morgan fingerprint density at radius 1 is 1.20 bits per heavy atom. The van der Waals surface area contributed by atoms with Crippen LogP contribution in [0.15, 0.2) is 36.0 Å². The van der Waals surface area contributed by atoms with Gasteiger partial charge in [-0.25, -0.2) is 0 Å². The second-order valence-electron chi connectivity index (χ2n) is 5.62. The van der Waals surface area contributed by atoms with Gasteiger partial charge >= 0.3 is 0 Å². The second kappa shape index (κ2) is 5.20. The number of benzene rings is 1. The molecule has 1 unspecified atom stereocenters. The summed E-state index contributed by atoms with van der Waals surface area (Å²) in [5, 5.41) is 11.0. The summed E-state index contributed by atoms with van der Waals surface area (Å²) >= 11 is 0. The highest BCUT2D eigenvalue weighted by Gasteiger charge is 2.37. The van der Waals surface area contributed by atoms with E-state index < -0.39 is 5.60 Å². The van der Waals surface area contributed by atoms with Gasteiger partial charge in [0.2, 0.25) is 0 Å². The van der Waals surface area contributed by atoms with E-state index in [4.69, 9.17) is 9.47 Å². The van der Waals surface area contributed by atoms with E-state index in [9.17, 15) is 5.11 Å². The van der Waals surface area contributed by atoms with E-state index in [2.05, 4.69) is 4.90 Å². The Bertz CT molecular complexity index is 520. The number of hydrogen-bond acceptors (Lipinski definition) is 4. The van der Waals surface area contributed by atoms with Crippen LogP contribution in [0, 0.1) is 0 Å². The van der Waals surface area contributed by atoms with Crippen molar-refractivity contribution in [2.24, 2.45) is 0 Å². The Labute approximate surface area is 119 Å². The first kappa shape index (κ1) is 13.6. The van der Waals surface area contributed by atoms with Crippen molar-refractivity contribution in [3.05, 3.63) is 47.2 Å². The molecule has 0 amide bonds. The van der Waals surface area contributed by atoms with E-state index in [1.165, 1.54) is 0 Å². The molecule has 1 atom stereocenters. The van der Waals surface area contributed by atoms with E-state index in [-0.39, 0.29) is 6.29 Å². The Balaban J connectivity index is 1.98. The van der Waals surface area contributed by atoms with Crippen LogP contribution in [0.5, 0.6) is 0 Å². The van der Waals surface area contributed by atoms with Crippen LogP contribution in [0.1, 0.15) is 30.3 Å². The molecular weight excluding hydrogens is 254 g/mol. The molecule has 0 radical (unpaired) electrons. The van der Waals surface area contributed by atoms with Gasteiger partial charge in [0, 0.05) is 25.4 Å². The molecule has 1 aliphatic heterocycles. The van der Waals surface area contributed by atoms with Gasteiger partial charge in [-0.05, 0) is 24.5 Å². The molecule has 1 aromatic carbocycles. The minimum Gasteiger partial charge on any atom is -0.381 e. The van der Waals surface area contributed by atoms with E-state index in [0.29, 0.717) is 19.6 Å². The monoisotopic (exact) mass is 275 g/mol. The molecule has 1 fully saturated rings. The summed E-state index contributed by atoms with van der Waals surface area (Å²) in [6.45, 7) is 1.21. The maximum Gasteiger partial charge on any atom is 0.184 e. The first-order valence-corrected chi connectivity index (χ1v) is 7.04. The average Bonchev–Trinajstić information content (AvgIpc) is 3.08. The molecule has 2 aliphatic rings. The van der Waals surface area contributed by atoms with Crippen molar-refractivity contribution in [1.29, 1.82) is 0 Å². The Kier molecular flexibility index (Phi) is 3.54. The molecule has 0 saturated carbocycles. The Hall–Kier alpha value is -1.36. The van der Waals surface area contributed by atoms with Crippen LogP contribution in [-0.4, -0.2) is 37.3 Å². The molecule has 1 aliphatic carbocycles. The van der Waals surface area contributed by atoms with Crippen LogP contribution >= 0.6 is 0 Å². The third-order valence-electron chi connectivity index (χ3n) is 4.05. The number of hydrogen-bond donors (Lipinski definition) is 1. The van der Waals surface area contributed by atoms with Crippen molar-refractivity contribution in [3.8, 4) is 0 Å². The summed E-state index contributed by atoms with van der Waals surface area (Å²) in [6, 6.07) is 7.85. The van der Waals surface area contributed by atoms with Crippen LogP contribution in [-0.2, 0) is 15.1 Å². The number of ether oxygens (including phenoxy) is 2. The molecule has 4 nitrogen and oxygen atoms in total. The molecule has 0 bridgehead atoms. The molecule has 0 aromatic heterocycles. The van der Waals surface area contributed by atoms with E-state index in [0.717, 1.165) is 23.2 Å². The normalized spacial score (nSPS) is 26.9. The molecular formula is C16H21NO3. The van der Waals surface area contributed by atoms with Gasteiger partial charge < -0.3 is 19.5 Å². The molecule has 1 N–H and O–H groups in total. The summed E-state index contributed by atoms with van der Waals surface area (Å²) in [5.74, 6) is 0. The molecule has 0 spiro atoms. The third kappa shape index (κ3) is 2.35. The molecule has 1 saturated heterocycles. The topological polar surface area (TPSA) is 41.9 Å². The van der Waals surface area contributed by atoms with Gasteiger partial charge in [0.05, 0.1) is 13.2 Å². The van der Waals surface area contributed by atoms with Crippen LogP contribution in [0.4, 0.5) is 0 Å². The lowest BCUT2D eigenvalue weighted by Gasteiger charge is -2.25.